The van der Waals surface area contributed by atoms with Gasteiger partial charge in [-0.15, -0.1) is 0 Å². The van der Waals surface area contributed by atoms with E-state index in [4.69, 9.17) is 28.9 Å². The molecule has 114 valence electrons. The van der Waals surface area contributed by atoms with Crippen LogP contribution < -0.4 is 0 Å². The van der Waals surface area contributed by atoms with Gasteiger partial charge in [0.2, 0.25) is 5.50 Å². The molecule has 22 heavy (non-hydrogen) atoms. The molecule has 1 N–H and O–H groups in total. The molecule has 1 aliphatic rings. The lowest BCUT2D eigenvalue weighted by Gasteiger charge is -2.16. The topological polar surface area (TPSA) is 57.6 Å². The number of aliphatic carboxylic acids is 1. The molecule has 1 aliphatic heterocycles. The molecule has 2 rings (SSSR count). The van der Waals surface area contributed by atoms with E-state index in [1.807, 2.05) is 43.3 Å². The van der Waals surface area contributed by atoms with Gasteiger partial charge >= 0.3 is 5.97 Å². The first-order valence-corrected chi connectivity index (χ1v) is 7.93. The maximum absolute atomic E-state index is 12.2. The summed E-state index contributed by atoms with van der Waals surface area (Å²) in [4.78, 5) is 24.4. The number of amides is 1. The average molecular weight is 354 g/mol. The fraction of sp³-hybridized carbons (Fsp3) is 0.133. The highest BCUT2D eigenvalue weighted by atomic mass is 35.5. The molecule has 1 amide bonds. The Labute approximate surface area is 142 Å². The predicted octanol–water partition coefficient (Wildman–Crippen LogP) is 3.48. The third kappa shape index (κ3) is 3.76. The molecule has 1 heterocycles. The van der Waals surface area contributed by atoms with Crippen molar-refractivity contribution in [2.75, 3.05) is 0 Å². The highest BCUT2D eigenvalue weighted by molar-refractivity contribution is 8.26. The van der Waals surface area contributed by atoms with Crippen molar-refractivity contribution in [3.05, 3.63) is 52.4 Å². The summed E-state index contributed by atoms with van der Waals surface area (Å²) in [6.07, 6.45) is 3.60. The van der Waals surface area contributed by atoms with Crippen LogP contribution in [0, 0.1) is 0 Å². The van der Waals surface area contributed by atoms with E-state index in [0.29, 0.717) is 4.91 Å². The van der Waals surface area contributed by atoms with Crippen LogP contribution in [0.3, 0.4) is 0 Å². The third-order valence-electron chi connectivity index (χ3n) is 2.81. The zero-order valence-electron chi connectivity index (χ0n) is 11.5. The van der Waals surface area contributed by atoms with Gasteiger partial charge in [0.1, 0.15) is 4.32 Å². The van der Waals surface area contributed by atoms with Gasteiger partial charge in [0.15, 0.2) is 0 Å². The molecule has 0 bridgehead atoms. The fourth-order valence-electron chi connectivity index (χ4n) is 1.85. The van der Waals surface area contributed by atoms with Crippen LogP contribution >= 0.6 is 35.6 Å². The molecule has 7 heteroatoms. The van der Waals surface area contributed by atoms with Gasteiger partial charge in [-0.3, -0.25) is 9.69 Å². The van der Waals surface area contributed by atoms with Crippen LogP contribution in [0.4, 0.5) is 0 Å². The summed E-state index contributed by atoms with van der Waals surface area (Å²) in [5.41, 5.74) is 0.373. The Morgan fingerprint density at radius 3 is 2.64 bits per heavy atom. The minimum Gasteiger partial charge on any atom is -0.479 e. The molecule has 0 radical (unpaired) electrons. The number of hydrogen-bond acceptors (Lipinski definition) is 4. The van der Waals surface area contributed by atoms with Gasteiger partial charge in [-0.2, -0.15) is 0 Å². The second-order valence-electron chi connectivity index (χ2n) is 4.52. The maximum atomic E-state index is 12.2. The molecule has 1 atom stereocenters. The van der Waals surface area contributed by atoms with E-state index in [1.54, 1.807) is 6.08 Å². The summed E-state index contributed by atoms with van der Waals surface area (Å²) < 4.78 is 0.145. The number of nitrogens with zero attached hydrogens (tertiary/aromatic N) is 1. The summed E-state index contributed by atoms with van der Waals surface area (Å²) in [6.45, 7) is 1.86. The standard InChI is InChI=1S/C15H12ClNO3S2/c1-9(7-10-5-3-2-4-6-10)8-11-13(18)17(15(21)22-11)12(16)14(19)20/h2-8,12H,1H3,(H,19,20)/b9-7+,11-8-. The molecule has 1 fully saturated rings. The number of carboxylic acids is 1. The Hall–Kier alpha value is -1.63. The lowest BCUT2D eigenvalue weighted by molar-refractivity contribution is -0.142. The lowest BCUT2D eigenvalue weighted by Crippen LogP contribution is -2.40. The minimum absolute atomic E-state index is 0.145. The molecule has 0 aliphatic carbocycles. The van der Waals surface area contributed by atoms with Crippen molar-refractivity contribution < 1.29 is 14.7 Å². The number of thiocarbonyl (C=S) groups is 1. The monoisotopic (exact) mass is 353 g/mol. The van der Waals surface area contributed by atoms with Crippen LogP contribution in [0.15, 0.2) is 46.9 Å². The number of allylic oxidation sites excluding steroid dienone is 2. The highest BCUT2D eigenvalue weighted by Crippen LogP contribution is 2.34. The van der Waals surface area contributed by atoms with E-state index >= 15 is 0 Å². The van der Waals surface area contributed by atoms with Crippen LogP contribution in [0.2, 0.25) is 0 Å². The smallest absolute Gasteiger partial charge is 0.342 e. The maximum Gasteiger partial charge on any atom is 0.342 e. The Bertz CT molecular complexity index is 685. The molecule has 4 nitrogen and oxygen atoms in total. The molecule has 1 saturated heterocycles. The summed E-state index contributed by atoms with van der Waals surface area (Å²) >= 11 is 11.8. The average Bonchev–Trinajstić information content (AvgIpc) is 2.73. The molecule has 0 saturated carbocycles. The van der Waals surface area contributed by atoms with E-state index in [2.05, 4.69) is 0 Å². The molecular formula is C15H12ClNO3S2. The molecular weight excluding hydrogens is 342 g/mol. The minimum atomic E-state index is -1.49. The summed E-state index contributed by atoms with van der Waals surface area (Å²) in [5.74, 6) is -1.80. The van der Waals surface area contributed by atoms with Gasteiger partial charge in [-0.1, -0.05) is 72.0 Å². The number of rotatable bonds is 4. The summed E-state index contributed by atoms with van der Waals surface area (Å²) in [7, 11) is 0. The van der Waals surface area contributed by atoms with Crippen molar-refractivity contribution in [3.63, 3.8) is 0 Å². The van der Waals surface area contributed by atoms with E-state index in [-0.39, 0.29) is 4.32 Å². The van der Waals surface area contributed by atoms with Gasteiger partial charge < -0.3 is 5.11 Å². The zero-order chi connectivity index (χ0) is 16.3. The Kier molecular flexibility index (Phi) is 5.39. The number of carboxylic acid groups (broad SMARTS) is 1. The Morgan fingerprint density at radius 2 is 2.05 bits per heavy atom. The van der Waals surface area contributed by atoms with Gasteiger partial charge in [0, 0.05) is 0 Å². The quantitative estimate of drug-likeness (QED) is 0.388. The van der Waals surface area contributed by atoms with Crippen molar-refractivity contribution in [3.8, 4) is 0 Å². The first kappa shape index (κ1) is 16.7. The van der Waals surface area contributed by atoms with Crippen LogP contribution in [-0.4, -0.2) is 31.7 Å². The number of carbonyl (C=O) groups is 2. The number of carbonyl (C=O) groups excluding carboxylic acids is 1. The van der Waals surface area contributed by atoms with Gasteiger partial charge in [-0.05, 0) is 24.1 Å². The molecule has 0 aromatic heterocycles. The van der Waals surface area contributed by atoms with E-state index in [0.717, 1.165) is 27.8 Å². The van der Waals surface area contributed by atoms with E-state index in [9.17, 15) is 9.59 Å². The zero-order valence-corrected chi connectivity index (χ0v) is 13.9. The van der Waals surface area contributed by atoms with Gasteiger partial charge in [-0.25, -0.2) is 4.79 Å². The predicted molar refractivity (Wildman–Crippen MR) is 92.5 cm³/mol. The molecule has 1 aromatic carbocycles. The molecule has 0 spiro atoms. The van der Waals surface area contributed by atoms with Crippen LogP contribution in [0.5, 0.6) is 0 Å². The summed E-state index contributed by atoms with van der Waals surface area (Å²) in [6, 6.07) is 9.65. The van der Waals surface area contributed by atoms with E-state index in [1.165, 1.54) is 0 Å². The van der Waals surface area contributed by atoms with Gasteiger partial charge in [0.05, 0.1) is 4.91 Å². The highest BCUT2D eigenvalue weighted by Gasteiger charge is 2.39. The normalized spacial score (nSPS) is 18.9. The largest absolute Gasteiger partial charge is 0.479 e. The van der Waals surface area contributed by atoms with Crippen molar-refractivity contribution in [2.24, 2.45) is 0 Å². The van der Waals surface area contributed by atoms with E-state index < -0.39 is 17.4 Å². The van der Waals surface area contributed by atoms with Crippen molar-refractivity contribution in [1.82, 2.24) is 4.90 Å². The second kappa shape index (κ2) is 7.09. The SMILES string of the molecule is CC(/C=C1\SC(=S)N(C(Cl)C(=O)O)C1=O)=C\c1ccccc1. The summed E-state index contributed by atoms with van der Waals surface area (Å²) in [5, 5.41) is 8.92. The number of thioether (sulfide) groups is 1. The van der Waals surface area contributed by atoms with Crippen LogP contribution in [-0.2, 0) is 9.59 Å². The second-order valence-corrected chi connectivity index (χ2v) is 6.61. The van der Waals surface area contributed by atoms with Gasteiger partial charge in [0.25, 0.3) is 5.91 Å². The number of alkyl halides is 1. The Balaban J connectivity index is 2.23. The molecule has 1 aromatic rings. The van der Waals surface area contributed by atoms with Crippen molar-refractivity contribution in [2.45, 2.75) is 12.4 Å². The van der Waals surface area contributed by atoms with Crippen molar-refractivity contribution >= 4 is 57.9 Å². The van der Waals surface area contributed by atoms with Crippen molar-refractivity contribution in [1.29, 1.82) is 0 Å². The lowest BCUT2D eigenvalue weighted by atomic mass is 10.1. The van der Waals surface area contributed by atoms with Crippen LogP contribution in [0.25, 0.3) is 6.08 Å². The number of halogens is 1. The first-order chi connectivity index (χ1) is 10.4. The number of hydrogen-bond donors (Lipinski definition) is 1. The van der Waals surface area contributed by atoms with Crippen LogP contribution in [0.1, 0.15) is 12.5 Å². The number of benzene rings is 1. The Morgan fingerprint density at radius 1 is 1.41 bits per heavy atom. The first-order valence-electron chi connectivity index (χ1n) is 6.27. The third-order valence-corrected chi connectivity index (χ3v) is 4.52. The molecule has 1 unspecified atom stereocenters. The fourth-order valence-corrected chi connectivity index (χ4v) is 3.51.